The zero-order valence-corrected chi connectivity index (χ0v) is 19.4. The molecule has 1 heterocycles. The van der Waals surface area contributed by atoms with Gasteiger partial charge in [-0.25, -0.2) is 9.59 Å². The van der Waals surface area contributed by atoms with Gasteiger partial charge in [-0.3, -0.25) is 35.3 Å². The lowest BCUT2D eigenvalue weighted by atomic mass is 10.1. The van der Waals surface area contributed by atoms with Crippen LogP contribution >= 0.6 is 11.8 Å². The summed E-state index contributed by atoms with van der Waals surface area (Å²) < 4.78 is 10.3. The third-order valence-electron chi connectivity index (χ3n) is 4.64. The van der Waals surface area contributed by atoms with Crippen LogP contribution in [-0.2, 0) is 28.7 Å². The van der Waals surface area contributed by atoms with Crippen LogP contribution in [0.3, 0.4) is 0 Å². The van der Waals surface area contributed by atoms with Gasteiger partial charge in [0.1, 0.15) is 6.04 Å². The molecule has 1 aliphatic rings. The summed E-state index contributed by atoms with van der Waals surface area (Å²) in [4.78, 5) is 47.2. The van der Waals surface area contributed by atoms with E-state index < -0.39 is 23.2 Å². The summed E-state index contributed by atoms with van der Waals surface area (Å²) in [7, 11) is 0. The molecule has 0 aromatic heterocycles. The number of ether oxygens (including phenoxy) is 2. The molecule has 0 radical (unpaired) electrons. The second-order valence-corrected chi connectivity index (χ2v) is 8.21. The summed E-state index contributed by atoms with van der Waals surface area (Å²) >= 11 is 0.878. The molecule has 0 aromatic rings. The number of carbonyl (C=O) groups is 3. The Kier molecular flexibility index (Phi) is 15.1. The summed E-state index contributed by atoms with van der Waals surface area (Å²) in [5.41, 5.74) is 0. The Morgan fingerprint density at radius 2 is 1.48 bits per heavy atom. The average Bonchev–Trinajstić information content (AvgIpc) is 3.25. The van der Waals surface area contributed by atoms with E-state index in [1.165, 1.54) is 4.90 Å². The fourth-order valence-electron chi connectivity index (χ4n) is 2.99. The van der Waals surface area contributed by atoms with Gasteiger partial charge in [-0.15, -0.1) is 0 Å². The van der Waals surface area contributed by atoms with Crippen molar-refractivity contribution in [3.63, 3.8) is 0 Å². The molecule has 0 unspecified atom stereocenters. The minimum absolute atomic E-state index is 0.0524. The van der Waals surface area contributed by atoms with E-state index in [0.717, 1.165) is 11.8 Å². The van der Waals surface area contributed by atoms with E-state index >= 15 is 0 Å². The van der Waals surface area contributed by atoms with E-state index in [4.69, 9.17) is 30.3 Å². The van der Waals surface area contributed by atoms with Crippen LogP contribution in [0.15, 0.2) is 0 Å². The molecule has 1 rings (SSSR count). The standard InChI is InChI=1S/C18H33N3O11S/c1-14(13-33-18(24)30-10-3-5-12-32-21(27)28)16(22)19-8-6-7-15(19)17(23)29-9-2-4-11-31-20(25)26/h14-15,25-28H,2-13H2,1H3/t14-,15+/m1/s1. The van der Waals surface area contributed by atoms with Gasteiger partial charge in [0.25, 0.3) is 0 Å². The van der Waals surface area contributed by atoms with Crippen LogP contribution in [0.25, 0.3) is 0 Å². The molecule has 14 nitrogen and oxygen atoms in total. The van der Waals surface area contributed by atoms with Crippen molar-refractivity contribution in [3.05, 3.63) is 0 Å². The smallest absolute Gasteiger partial charge is 0.367 e. The number of nitrogens with zero attached hydrogens (tertiary/aromatic N) is 3. The first-order chi connectivity index (χ1) is 15.7. The maximum absolute atomic E-state index is 12.8. The van der Waals surface area contributed by atoms with E-state index in [2.05, 4.69) is 9.68 Å². The maximum atomic E-state index is 12.8. The second-order valence-electron chi connectivity index (χ2n) is 7.25. The molecule has 1 saturated heterocycles. The Labute approximate surface area is 195 Å². The fourth-order valence-corrected chi connectivity index (χ4v) is 3.69. The van der Waals surface area contributed by atoms with Crippen LogP contribution in [0.4, 0.5) is 4.79 Å². The Hall–Kier alpha value is -1.56. The summed E-state index contributed by atoms with van der Waals surface area (Å²) in [6.07, 6.45) is 3.02. The summed E-state index contributed by atoms with van der Waals surface area (Å²) in [5.74, 6) is -1.01. The van der Waals surface area contributed by atoms with Crippen LogP contribution in [0, 0.1) is 5.92 Å². The Morgan fingerprint density at radius 3 is 2.06 bits per heavy atom. The molecule has 15 heteroatoms. The number of carbonyl (C=O) groups excluding carboxylic acids is 3. The lowest BCUT2D eigenvalue weighted by Gasteiger charge is -2.26. The Balaban J connectivity index is 2.26. The third-order valence-corrected chi connectivity index (χ3v) is 5.66. The van der Waals surface area contributed by atoms with Crippen LogP contribution < -0.4 is 0 Å². The average molecular weight is 500 g/mol. The predicted octanol–water partition coefficient (Wildman–Crippen LogP) is 1.61. The molecule has 4 N–H and O–H groups in total. The zero-order valence-electron chi connectivity index (χ0n) is 18.5. The van der Waals surface area contributed by atoms with Crippen molar-refractivity contribution < 1.29 is 54.4 Å². The number of thioether (sulfide) groups is 1. The first kappa shape index (κ1) is 29.5. The number of amides is 1. The number of unbranched alkanes of at least 4 members (excludes halogenated alkanes) is 2. The van der Waals surface area contributed by atoms with Crippen molar-refractivity contribution in [2.24, 2.45) is 5.92 Å². The highest BCUT2D eigenvalue weighted by Crippen LogP contribution is 2.23. The monoisotopic (exact) mass is 499 g/mol. The number of likely N-dealkylation sites (tertiary alicyclic amines) is 1. The minimum atomic E-state index is -0.658. The number of hydrogen-bond acceptors (Lipinski definition) is 14. The first-order valence-corrected chi connectivity index (χ1v) is 11.6. The highest BCUT2D eigenvalue weighted by Gasteiger charge is 2.37. The van der Waals surface area contributed by atoms with Crippen LogP contribution in [0.5, 0.6) is 0 Å². The van der Waals surface area contributed by atoms with Crippen molar-refractivity contribution in [2.75, 3.05) is 38.7 Å². The molecular weight excluding hydrogens is 466 g/mol. The molecule has 192 valence electrons. The normalized spacial score (nSPS) is 16.9. The molecule has 0 aliphatic carbocycles. The van der Waals surface area contributed by atoms with Crippen molar-refractivity contribution in [1.82, 2.24) is 15.7 Å². The molecule has 1 amide bonds. The highest BCUT2D eigenvalue weighted by molar-refractivity contribution is 8.13. The number of rotatable bonds is 16. The van der Waals surface area contributed by atoms with E-state index in [-0.39, 0.29) is 48.9 Å². The van der Waals surface area contributed by atoms with E-state index in [0.29, 0.717) is 45.1 Å². The van der Waals surface area contributed by atoms with Gasteiger partial charge in [0.15, 0.2) is 0 Å². The minimum Gasteiger partial charge on any atom is -0.464 e. The molecule has 33 heavy (non-hydrogen) atoms. The van der Waals surface area contributed by atoms with Crippen molar-refractivity contribution >= 4 is 28.9 Å². The van der Waals surface area contributed by atoms with Gasteiger partial charge < -0.3 is 14.4 Å². The molecular formula is C18H33N3O11S. The SMILES string of the molecule is C[C@H](CSC(=O)OCCCCON(O)O)C(=O)N1CCC[C@H]1C(=O)OCCCCON(O)O. The topological polar surface area (TPSA) is 179 Å². The summed E-state index contributed by atoms with van der Waals surface area (Å²) in [6, 6.07) is -0.658. The van der Waals surface area contributed by atoms with Gasteiger partial charge in [0.05, 0.1) is 37.2 Å². The fraction of sp³-hybridized carbons (Fsp3) is 0.833. The summed E-state index contributed by atoms with van der Waals surface area (Å²) in [5, 5.41) is 32.3. The van der Waals surface area contributed by atoms with Crippen LogP contribution in [0.1, 0.15) is 45.4 Å². The highest BCUT2D eigenvalue weighted by atomic mass is 32.2. The lowest BCUT2D eigenvalue weighted by molar-refractivity contribution is -0.492. The van der Waals surface area contributed by atoms with Gasteiger partial charge in [-0.2, -0.15) is 0 Å². The van der Waals surface area contributed by atoms with Gasteiger partial charge in [0, 0.05) is 18.2 Å². The van der Waals surface area contributed by atoms with Crippen molar-refractivity contribution in [3.8, 4) is 0 Å². The Bertz CT molecular complexity index is 597. The molecule has 0 saturated carbocycles. The van der Waals surface area contributed by atoms with E-state index in [9.17, 15) is 14.4 Å². The number of hydrogen-bond donors (Lipinski definition) is 4. The third kappa shape index (κ3) is 13.0. The quantitative estimate of drug-likeness (QED) is 0.137. The summed E-state index contributed by atoms with van der Waals surface area (Å²) in [6.45, 7) is 2.50. The van der Waals surface area contributed by atoms with Crippen molar-refractivity contribution in [1.29, 1.82) is 0 Å². The second kappa shape index (κ2) is 17.0. The van der Waals surface area contributed by atoms with E-state index in [1.807, 2.05) is 0 Å². The zero-order chi connectivity index (χ0) is 24.6. The van der Waals surface area contributed by atoms with Gasteiger partial charge >= 0.3 is 11.3 Å². The predicted molar refractivity (Wildman–Crippen MR) is 110 cm³/mol. The molecule has 0 spiro atoms. The van der Waals surface area contributed by atoms with E-state index in [1.54, 1.807) is 6.92 Å². The maximum Gasteiger partial charge on any atom is 0.367 e. The van der Waals surface area contributed by atoms with Gasteiger partial charge in [0.2, 0.25) is 5.91 Å². The van der Waals surface area contributed by atoms with Crippen molar-refractivity contribution in [2.45, 2.75) is 51.5 Å². The first-order valence-electron chi connectivity index (χ1n) is 10.6. The number of esters is 1. The van der Waals surface area contributed by atoms with Crippen LogP contribution in [-0.4, -0.2) is 98.5 Å². The lowest BCUT2D eigenvalue weighted by Crippen LogP contribution is -2.44. The molecule has 0 bridgehead atoms. The molecule has 1 aliphatic heterocycles. The molecule has 2 atom stereocenters. The Morgan fingerprint density at radius 1 is 0.939 bits per heavy atom. The molecule has 1 fully saturated rings. The molecule has 0 aromatic carbocycles. The largest absolute Gasteiger partial charge is 0.464 e. The van der Waals surface area contributed by atoms with Gasteiger partial charge in [-0.05, 0) is 50.3 Å². The van der Waals surface area contributed by atoms with Crippen LogP contribution in [0.2, 0.25) is 0 Å². The van der Waals surface area contributed by atoms with Gasteiger partial charge in [-0.1, -0.05) is 6.92 Å².